The molecule has 1 unspecified atom stereocenters. The van der Waals surface area contributed by atoms with Crippen molar-refractivity contribution in [1.82, 2.24) is 9.34 Å². The summed E-state index contributed by atoms with van der Waals surface area (Å²) in [5.41, 5.74) is 1.38. The summed E-state index contributed by atoms with van der Waals surface area (Å²) in [6.45, 7) is 26.4. The number of nitrogens with zero attached hydrogens (tertiary/aromatic N) is 2. The maximum absolute atomic E-state index is 9.43. The summed E-state index contributed by atoms with van der Waals surface area (Å²) in [6.07, 6.45) is -0.0114. The zero-order valence-corrected chi connectivity index (χ0v) is 22.1. The summed E-state index contributed by atoms with van der Waals surface area (Å²) >= 11 is 0. The van der Waals surface area contributed by atoms with E-state index in [0.717, 1.165) is 0 Å². The van der Waals surface area contributed by atoms with Crippen molar-refractivity contribution in [2.45, 2.75) is 116 Å². The van der Waals surface area contributed by atoms with Crippen molar-refractivity contribution in [3.8, 4) is 0 Å². The van der Waals surface area contributed by atoms with Crippen molar-refractivity contribution < 1.29 is 1.37 Å². The lowest BCUT2D eigenvalue weighted by atomic mass is 10.1. The molecule has 2 nitrogen and oxygen atoms in total. The molecule has 3 atom stereocenters. The quantitative estimate of drug-likeness (QED) is 0.304. The lowest BCUT2D eigenvalue weighted by Gasteiger charge is -2.54. The Labute approximate surface area is 179 Å². The van der Waals surface area contributed by atoms with Crippen LogP contribution in [0.4, 0.5) is 0 Å². The van der Waals surface area contributed by atoms with Crippen LogP contribution in [0.25, 0.3) is 0 Å². The van der Waals surface area contributed by atoms with E-state index in [1.165, 1.54) is 5.56 Å². The molecule has 2 rings (SSSR count). The monoisotopic (exact) mass is 421 g/mol. The van der Waals surface area contributed by atoms with Gasteiger partial charge < -0.3 is 0 Å². The van der Waals surface area contributed by atoms with Gasteiger partial charge in [-0.3, -0.25) is 9.34 Å². The first-order valence-electron chi connectivity index (χ1n) is 11.7. The first-order valence-corrected chi connectivity index (χ1v) is 15.9. The average molecular weight is 422 g/mol. The van der Waals surface area contributed by atoms with E-state index in [0.29, 0.717) is 30.1 Å². The van der Waals surface area contributed by atoms with E-state index in [2.05, 4.69) is 115 Å². The van der Waals surface area contributed by atoms with Crippen molar-refractivity contribution in [1.29, 1.82) is 0 Å². The van der Waals surface area contributed by atoms with Crippen LogP contribution >= 0.6 is 8.22 Å². The molecular formula is C24H45N2PSi. The predicted molar refractivity (Wildman–Crippen MR) is 131 cm³/mol. The third-order valence-electron chi connectivity index (χ3n) is 6.03. The fourth-order valence-electron chi connectivity index (χ4n) is 4.99. The van der Waals surface area contributed by atoms with E-state index in [-0.39, 0.29) is 11.2 Å². The van der Waals surface area contributed by atoms with E-state index >= 15 is 0 Å². The van der Waals surface area contributed by atoms with Gasteiger partial charge in [0.15, 0.2) is 0 Å². The summed E-state index contributed by atoms with van der Waals surface area (Å²) in [6, 6.07) is 12.8. The van der Waals surface area contributed by atoms with Crippen molar-refractivity contribution in [3.05, 3.63) is 35.9 Å². The van der Waals surface area contributed by atoms with Gasteiger partial charge in [-0.15, -0.1) is 0 Å². The zero-order valence-electron chi connectivity index (χ0n) is 21.2. The van der Waals surface area contributed by atoms with Gasteiger partial charge in [0.1, 0.15) is 0 Å². The van der Waals surface area contributed by atoms with Gasteiger partial charge in [0.25, 0.3) is 0 Å². The van der Waals surface area contributed by atoms with E-state index in [9.17, 15) is 1.37 Å². The predicted octanol–water partition coefficient (Wildman–Crippen LogP) is 7.34. The second-order valence-electron chi connectivity index (χ2n) is 10.6. The van der Waals surface area contributed by atoms with Gasteiger partial charge >= 0.3 is 0 Å². The summed E-state index contributed by atoms with van der Waals surface area (Å²) in [4.78, 5) is 0. The second kappa shape index (κ2) is 8.88. The molecule has 160 valence electrons. The minimum Gasteiger partial charge on any atom is -0.265 e. The van der Waals surface area contributed by atoms with Gasteiger partial charge in [0.2, 0.25) is 0 Å². The molecule has 0 bridgehead atoms. The Morgan fingerprint density at radius 3 is 1.57 bits per heavy atom. The van der Waals surface area contributed by atoms with Crippen LogP contribution in [-0.4, -0.2) is 46.4 Å². The first-order chi connectivity index (χ1) is 13.3. The smallest absolute Gasteiger partial charge is 0.0596 e. The molecule has 1 fully saturated rings. The Bertz CT molecular complexity index is 623. The third kappa shape index (κ3) is 4.43. The van der Waals surface area contributed by atoms with E-state index < -0.39 is 16.3 Å². The number of benzene rings is 1. The summed E-state index contributed by atoms with van der Waals surface area (Å²) in [5.74, 6) is 0.349. The van der Waals surface area contributed by atoms with Crippen LogP contribution in [0.3, 0.4) is 0 Å². The zero-order chi connectivity index (χ0) is 22.3. The second-order valence-corrected chi connectivity index (χ2v) is 18.5. The first kappa shape index (κ1) is 22.5. The molecule has 1 saturated carbocycles. The Morgan fingerprint density at radius 1 is 0.857 bits per heavy atom. The molecule has 0 spiro atoms. The van der Waals surface area contributed by atoms with Gasteiger partial charge in [-0.25, -0.2) is 0 Å². The highest BCUT2D eigenvalue weighted by Crippen LogP contribution is 2.78. The molecule has 0 saturated heterocycles. The highest BCUT2D eigenvalue weighted by Gasteiger charge is 2.69. The number of hydrogen-bond donors (Lipinski definition) is 0. The standard InChI is InChI=1S/C24H45N2PSi/c1-18(2)25(19(3)4)27(26(20(5)6)21(7)8)24(28(9,10)11)17-23(24)22-15-13-12-14-16-22/h12-16,18-21,23H,17H2,1-11H3/t23-,24+/m1/s1/i17D/t17?,23-,24+. The van der Waals surface area contributed by atoms with Crippen molar-refractivity contribution in [2.75, 3.05) is 0 Å². The van der Waals surface area contributed by atoms with Gasteiger partial charge in [0.05, 0.1) is 8.07 Å². The molecule has 0 amide bonds. The molecule has 0 aliphatic heterocycles. The number of rotatable bonds is 9. The van der Waals surface area contributed by atoms with Crippen molar-refractivity contribution in [3.63, 3.8) is 0 Å². The van der Waals surface area contributed by atoms with Crippen LogP contribution in [-0.2, 0) is 0 Å². The Hall–Kier alpha value is -0.213. The Balaban J connectivity index is 2.76. The fourth-order valence-corrected chi connectivity index (χ4v) is 13.3. The lowest BCUT2D eigenvalue weighted by molar-refractivity contribution is 0.253. The minimum atomic E-state index is -1.70. The molecule has 1 aliphatic carbocycles. The molecule has 0 N–H and O–H groups in total. The fraction of sp³-hybridized carbons (Fsp3) is 0.750. The SMILES string of the molecule is [2H]C1[C@H](c2ccccc2)[C@@]1(P(N(C(C)C)C(C)C)N(C(C)C)C(C)C)[Si](C)(C)C. The molecule has 1 aliphatic rings. The van der Waals surface area contributed by atoms with Crippen LogP contribution in [0, 0.1) is 0 Å². The van der Waals surface area contributed by atoms with Gasteiger partial charge in [-0.2, -0.15) is 0 Å². The molecule has 0 heterocycles. The molecular weight excluding hydrogens is 375 g/mol. The van der Waals surface area contributed by atoms with E-state index in [4.69, 9.17) is 0 Å². The molecule has 0 radical (unpaired) electrons. The van der Waals surface area contributed by atoms with Crippen LogP contribution in [0.2, 0.25) is 19.6 Å². The van der Waals surface area contributed by atoms with Crippen LogP contribution in [0.5, 0.6) is 0 Å². The van der Waals surface area contributed by atoms with E-state index in [1.54, 1.807) is 0 Å². The van der Waals surface area contributed by atoms with Gasteiger partial charge in [-0.05, 0) is 73.3 Å². The highest BCUT2D eigenvalue weighted by atomic mass is 31.1. The summed E-state index contributed by atoms with van der Waals surface area (Å²) in [7, 11) is -2.32. The number of hydrogen-bond acceptors (Lipinski definition) is 2. The van der Waals surface area contributed by atoms with Crippen LogP contribution in [0.15, 0.2) is 30.3 Å². The van der Waals surface area contributed by atoms with Crippen LogP contribution in [0.1, 0.15) is 74.6 Å². The maximum Gasteiger partial charge on any atom is 0.0596 e. The molecule has 0 aromatic heterocycles. The molecule has 1 aromatic carbocycles. The largest absolute Gasteiger partial charge is 0.265 e. The molecule has 28 heavy (non-hydrogen) atoms. The van der Waals surface area contributed by atoms with Crippen molar-refractivity contribution in [2.24, 2.45) is 0 Å². The molecule has 1 aromatic rings. The summed E-state index contributed by atoms with van der Waals surface area (Å²) < 4.78 is 15.1. The third-order valence-corrected chi connectivity index (χ3v) is 15.3. The molecule has 4 heteroatoms. The van der Waals surface area contributed by atoms with E-state index in [1.807, 2.05) is 0 Å². The van der Waals surface area contributed by atoms with Gasteiger partial charge in [-0.1, -0.05) is 50.0 Å². The highest BCUT2D eigenvalue weighted by molar-refractivity contribution is 7.58. The van der Waals surface area contributed by atoms with Gasteiger partial charge in [0, 0.05) is 38.5 Å². The average Bonchev–Trinajstić information content (AvgIpc) is 3.20. The minimum absolute atomic E-state index is 0.0114. The Morgan fingerprint density at radius 2 is 1.25 bits per heavy atom. The normalized spacial score (nSPS) is 26.4. The lowest BCUT2D eigenvalue weighted by Crippen LogP contribution is -2.53. The Kier molecular flexibility index (Phi) is 7.13. The van der Waals surface area contributed by atoms with Crippen molar-refractivity contribution >= 4 is 16.3 Å². The summed E-state index contributed by atoms with van der Waals surface area (Å²) in [5, 5.41) is 0. The maximum atomic E-state index is 9.43. The topological polar surface area (TPSA) is 6.48 Å². The van der Waals surface area contributed by atoms with Crippen LogP contribution < -0.4 is 0 Å².